The number of furan rings is 1. The molecule has 0 fully saturated rings. The fraction of sp³-hybridized carbons (Fsp3) is 0.342. The highest BCUT2D eigenvalue weighted by atomic mass is 35.5. The van der Waals surface area contributed by atoms with E-state index < -0.39 is 52.1 Å². The van der Waals surface area contributed by atoms with Gasteiger partial charge in [0.05, 0.1) is 39.6 Å². The Morgan fingerprint density at radius 2 is 1.70 bits per heavy atom. The summed E-state index contributed by atoms with van der Waals surface area (Å²) >= 11 is 13.4. The van der Waals surface area contributed by atoms with Crippen LogP contribution in [0, 0.1) is 0 Å². The van der Waals surface area contributed by atoms with Crippen LogP contribution in [0.4, 0.5) is 0 Å². The van der Waals surface area contributed by atoms with Gasteiger partial charge in [-0.2, -0.15) is 0 Å². The number of rotatable bonds is 12. The van der Waals surface area contributed by atoms with Gasteiger partial charge in [0.1, 0.15) is 17.2 Å². The topological polar surface area (TPSA) is 176 Å². The summed E-state index contributed by atoms with van der Waals surface area (Å²) in [6.07, 6.45) is 2.09. The zero-order valence-corrected chi connectivity index (χ0v) is 32.2. The molecule has 0 radical (unpaired) electrons. The van der Waals surface area contributed by atoms with Crippen LogP contribution in [-0.4, -0.2) is 74.3 Å². The summed E-state index contributed by atoms with van der Waals surface area (Å²) in [6, 6.07) is 12.9. The molecule has 13 nitrogen and oxygen atoms in total. The van der Waals surface area contributed by atoms with Gasteiger partial charge in [0.25, 0.3) is 11.8 Å². The quantitative estimate of drug-likeness (QED) is 0.134. The van der Waals surface area contributed by atoms with Crippen molar-refractivity contribution in [2.45, 2.75) is 69.5 Å². The summed E-state index contributed by atoms with van der Waals surface area (Å²) in [4.78, 5) is 66.3. The van der Waals surface area contributed by atoms with Crippen LogP contribution >= 0.6 is 23.2 Å². The number of benzene rings is 3. The van der Waals surface area contributed by atoms with Crippen molar-refractivity contribution in [3.63, 3.8) is 0 Å². The number of nitrogens with one attached hydrogen (secondary N) is 1. The molecule has 0 aliphatic carbocycles. The summed E-state index contributed by atoms with van der Waals surface area (Å²) in [6.45, 7) is 4.70. The number of hydrogen-bond acceptors (Lipinski definition) is 11. The minimum atomic E-state index is -3.60. The maximum absolute atomic E-state index is 13.8. The van der Waals surface area contributed by atoms with Gasteiger partial charge in [0, 0.05) is 36.7 Å². The Balaban J connectivity index is 1.30. The lowest BCUT2D eigenvalue weighted by Gasteiger charge is -2.30. The van der Waals surface area contributed by atoms with Crippen molar-refractivity contribution < 1.29 is 51.0 Å². The zero-order valence-electron chi connectivity index (χ0n) is 29.9. The molecule has 0 bridgehead atoms. The Morgan fingerprint density at radius 3 is 2.43 bits per heavy atom. The van der Waals surface area contributed by atoms with Crippen molar-refractivity contribution in [3.8, 4) is 0 Å². The fourth-order valence-corrected chi connectivity index (χ4v) is 7.24. The van der Waals surface area contributed by atoms with Crippen molar-refractivity contribution in [2.24, 2.45) is 0 Å². The Morgan fingerprint density at radius 1 is 0.963 bits per heavy atom. The van der Waals surface area contributed by atoms with Gasteiger partial charge in [-0.05, 0) is 80.3 Å². The number of amides is 2. The number of ether oxygens (including phenoxy) is 3. The van der Waals surface area contributed by atoms with E-state index in [2.05, 4.69) is 5.32 Å². The lowest BCUT2D eigenvalue weighted by atomic mass is 9.95. The molecule has 0 unspecified atom stereocenters. The molecular weight excluding hydrogens is 763 g/mol. The summed E-state index contributed by atoms with van der Waals surface area (Å²) in [7, 11) is -3.60. The van der Waals surface area contributed by atoms with E-state index in [1.165, 1.54) is 18.2 Å². The molecule has 54 heavy (non-hydrogen) atoms. The molecule has 16 heteroatoms. The molecule has 1 aliphatic heterocycles. The number of nitrogens with zero attached hydrogens (tertiary/aromatic N) is 1. The maximum Gasteiger partial charge on any atom is 0.331 e. The second-order valence-corrected chi connectivity index (χ2v) is 16.5. The van der Waals surface area contributed by atoms with E-state index in [9.17, 15) is 32.4 Å². The lowest BCUT2D eigenvalue weighted by molar-refractivity contribution is -0.170. The van der Waals surface area contributed by atoms with E-state index in [0.717, 1.165) is 11.6 Å². The molecule has 1 N–H and O–H groups in total. The molecule has 0 spiro atoms. The number of fused-ring (bicyclic) bond motifs is 2. The summed E-state index contributed by atoms with van der Waals surface area (Å²) < 4.78 is 45.1. The second-order valence-electron chi connectivity index (χ2n) is 13.7. The van der Waals surface area contributed by atoms with Gasteiger partial charge in [0.15, 0.2) is 9.84 Å². The predicted octanol–water partition coefficient (Wildman–Crippen LogP) is 5.85. The number of esters is 3. The predicted molar refractivity (Wildman–Crippen MR) is 198 cm³/mol. The van der Waals surface area contributed by atoms with Crippen LogP contribution in [0.3, 0.4) is 0 Å². The van der Waals surface area contributed by atoms with E-state index in [-0.39, 0.29) is 52.2 Å². The van der Waals surface area contributed by atoms with Gasteiger partial charge < -0.3 is 28.8 Å². The molecule has 5 rings (SSSR count). The molecule has 0 saturated heterocycles. The van der Waals surface area contributed by atoms with Gasteiger partial charge in [-0.25, -0.2) is 13.2 Å². The largest absolute Gasteiger partial charge is 0.464 e. The first kappa shape index (κ1) is 40.3. The third-order valence-electron chi connectivity index (χ3n) is 8.35. The Kier molecular flexibility index (Phi) is 12.4. The first-order chi connectivity index (χ1) is 25.4. The summed E-state index contributed by atoms with van der Waals surface area (Å²) in [5.41, 5.74) is 1.80. The standard InChI is InChI=1S/C38H38Cl2N2O11S/c1-38(2,3)53-32(44)11-10-31(43)51-21-52-37(47)29(17-22-6-5-7-26(16-22)54(4,48)49)41-35(45)33-28(39)18-25-20-42(14-12-27(25)34(33)40)36(46)24-9-8-23-13-15-50-30(23)19-24/h5-9,13,15-16,18-19,29H,10-12,14,17,20-21H2,1-4H3,(H,41,45)/t29-/m0/s1. The lowest BCUT2D eigenvalue weighted by Crippen LogP contribution is -2.44. The van der Waals surface area contributed by atoms with Gasteiger partial charge in [-0.3, -0.25) is 19.2 Å². The first-order valence-corrected chi connectivity index (χ1v) is 19.4. The minimum Gasteiger partial charge on any atom is -0.464 e. The third kappa shape index (κ3) is 10.2. The molecule has 1 aromatic heterocycles. The van der Waals surface area contributed by atoms with Crippen LogP contribution < -0.4 is 5.32 Å². The van der Waals surface area contributed by atoms with Crippen molar-refractivity contribution in [2.75, 3.05) is 19.6 Å². The molecular formula is C38H38Cl2N2O11S. The number of hydrogen-bond donors (Lipinski definition) is 1. The van der Waals surface area contributed by atoms with E-state index in [4.69, 9.17) is 41.8 Å². The molecule has 3 aromatic carbocycles. The van der Waals surface area contributed by atoms with Gasteiger partial charge in [-0.1, -0.05) is 41.4 Å². The minimum absolute atomic E-state index is 0.00724. The fourth-order valence-electron chi connectivity index (χ4n) is 5.79. The average Bonchev–Trinajstić information content (AvgIpc) is 3.57. The summed E-state index contributed by atoms with van der Waals surface area (Å²) in [5.74, 6) is -3.50. The second kappa shape index (κ2) is 16.6. The number of carbonyl (C=O) groups excluding carboxylic acids is 5. The summed E-state index contributed by atoms with van der Waals surface area (Å²) in [5, 5.41) is 3.46. The van der Waals surface area contributed by atoms with Crippen molar-refractivity contribution in [3.05, 3.63) is 98.7 Å². The SMILES string of the molecule is CC(C)(C)OC(=O)CCC(=O)OCOC(=O)[C@H](Cc1cccc(S(C)(=O)=O)c1)NC(=O)c1c(Cl)cc2c(c1Cl)CCN(C(=O)c1ccc3ccoc3c1)C2. The zero-order chi connectivity index (χ0) is 39.4. The van der Waals surface area contributed by atoms with Crippen LogP contribution in [0.1, 0.15) is 71.0 Å². The van der Waals surface area contributed by atoms with Gasteiger partial charge in [0.2, 0.25) is 6.79 Å². The highest BCUT2D eigenvalue weighted by Gasteiger charge is 2.31. The van der Waals surface area contributed by atoms with Crippen molar-refractivity contribution in [1.29, 1.82) is 0 Å². The van der Waals surface area contributed by atoms with E-state index >= 15 is 0 Å². The van der Waals surface area contributed by atoms with Gasteiger partial charge in [-0.15, -0.1) is 0 Å². The highest BCUT2D eigenvalue weighted by molar-refractivity contribution is 7.90. The number of halogens is 2. The Bertz CT molecular complexity index is 2230. The number of sulfone groups is 1. The maximum atomic E-state index is 13.8. The van der Waals surface area contributed by atoms with Crippen LogP contribution in [0.15, 0.2) is 70.2 Å². The van der Waals surface area contributed by atoms with Crippen LogP contribution in [0.25, 0.3) is 11.0 Å². The normalized spacial score (nSPS) is 13.5. The van der Waals surface area contributed by atoms with Gasteiger partial charge >= 0.3 is 17.9 Å². The van der Waals surface area contributed by atoms with Crippen LogP contribution in [-0.2, 0) is 57.8 Å². The average molecular weight is 802 g/mol. The molecule has 2 heterocycles. The molecule has 1 aliphatic rings. The molecule has 2 amide bonds. The molecule has 0 saturated carbocycles. The van der Waals surface area contributed by atoms with Crippen molar-refractivity contribution >= 4 is 73.7 Å². The number of carbonyl (C=O) groups is 5. The van der Waals surface area contributed by atoms with Crippen LogP contribution in [0.5, 0.6) is 0 Å². The molecule has 286 valence electrons. The van der Waals surface area contributed by atoms with E-state index in [1.54, 1.807) is 68.3 Å². The van der Waals surface area contributed by atoms with E-state index in [1.807, 2.05) is 0 Å². The monoisotopic (exact) mass is 800 g/mol. The first-order valence-electron chi connectivity index (χ1n) is 16.8. The third-order valence-corrected chi connectivity index (χ3v) is 10.2. The Hall–Kier alpha value is -4.92. The highest BCUT2D eigenvalue weighted by Crippen LogP contribution is 2.35. The van der Waals surface area contributed by atoms with Crippen molar-refractivity contribution in [1.82, 2.24) is 10.2 Å². The Labute approximate surface area is 321 Å². The molecule has 1 atom stereocenters. The van der Waals surface area contributed by atoms with E-state index in [0.29, 0.717) is 40.8 Å². The van der Waals surface area contributed by atoms with Crippen LogP contribution in [0.2, 0.25) is 10.0 Å². The molecule has 4 aromatic rings. The smallest absolute Gasteiger partial charge is 0.331 e.